The molecule has 1 rings (SSSR count). The third-order valence-electron chi connectivity index (χ3n) is 2.82. The lowest BCUT2D eigenvalue weighted by Gasteiger charge is -2.19. The number of ether oxygens (including phenoxy) is 1. The number of nitrogens with one attached hydrogen (secondary N) is 1. The highest BCUT2D eigenvalue weighted by atomic mass is 16.5. The average molecular weight is 226 g/mol. The molecule has 0 radical (unpaired) electrons. The second-order valence-electron chi connectivity index (χ2n) is 4.02. The Balaban J connectivity index is 2.58. The quantitative estimate of drug-likeness (QED) is 0.761. The number of aryl methyl sites for hydroxylation is 1. The molecule has 1 N–H and O–H groups in total. The van der Waals surface area contributed by atoms with E-state index in [-0.39, 0.29) is 0 Å². The summed E-state index contributed by atoms with van der Waals surface area (Å²) in [6.07, 6.45) is 4.18. The van der Waals surface area contributed by atoms with Gasteiger partial charge in [-0.1, -0.05) is 12.1 Å². The lowest BCUT2D eigenvalue weighted by Crippen LogP contribution is -2.24. The fourth-order valence-corrected chi connectivity index (χ4v) is 1.73. The van der Waals surface area contributed by atoms with Crippen molar-refractivity contribution in [2.45, 2.75) is 38.8 Å². The Morgan fingerprint density at radius 1 is 1.50 bits per heavy atom. The highest BCUT2D eigenvalue weighted by molar-refractivity contribution is 5.01. The molecule has 0 amide bonds. The SMILES string of the molecule is CCNC(CCC(C)OC)c1cnnn1C. The molecule has 1 heterocycles. The topological polar surface area (TPSA) is 52.0 Å². The van der Waals surface area contributed by atoms with Crippen molar-refractivity contribution in [3.63, 3.8) is 0 Å². The van der Waals surface area contributed by atoms with Gasteiger partial charge in [0.2, 0.25) is 0 Å². The molecule has 0 fully saturated rings. The number of hydrogen-bond acceptors (Lipinski definition) is 4. The van der Waals surface area contributed by atoms with Crippen LogP contribution >= 0.6 is 0 Å². The van der Waals surface area contributed by atoms with E-state index < -0.39 is 0 Å². The maximum absolute atomic E-state index is 5.26. The van der Waals surface area contributed by atoms with Crippen LogP contribution in [0.3, 0.4) is 0 Å². The molecule has 2 unspecified atom stereocenters. The van der Waals surface area contributed by atoms with E-state index >= 15 is 0 Å². The number of methoxy groups -OCH3 is 1. The summed E-state index contributed by atoms with van der Waals surface area (Å²) in [5, 5.41) is 11.3. The van der Waals surface area contributed by atoms with Gasteiger partial charge in [0.15, 0.2) is 0 Å². The Morgan fingerprint density at radius 2 is 2.25 bits per heavy atom. The molecule has 0 aliphatic rings. The van der Waals surface area contributed by atoms with Crippen LogP contribution in [0.4, 0.5) is 0 Å². The first-order chi connectivity index (χ1) is 7.69. The van der Waals surface area contributed by atoms with Gasteiger partial charge in [0.25, 0.3) is 0 Å². The van der Waals surface area contributed by atoms with Crippen LogP contribution in [0.5, 0.6) is 0 Å². The van der Waals surface area contributed by atoms with Crippen molar-refractivity contribution in [1.29, 1.82) is 0 Å². The zero-order chi connectivity index (χ0) is 12.0. The number of aromatic nitrogens is 3. The molecule has 0 saturated heterocycles. The van der Waals surface area contributed by atoms with Crippen LogP contribution in [0, 0.1) is 0 Å². The molecule has 1 aromatic rings. The molecule has 0 aliphatic carbocycles. The summed E-state index contributed by atoms with van der Waals surface area (Å²) in [5.41, 5.74) is 1.13. The Bertz CT molecular complexity index is 300. The van der Waals surface area contributed by atoms with Gasteiger partial charge < -0.3 is 10.1 Å². The van der Waals surface area contributed by atoms with Gasteiger partial charge >= 0.3 is 0 Å². The van der Waals surface area contributed by atoms with Gasteiger partial charge in [-0.05, 0) is 26.3 Å². The van der Waals surface area contributed by atoms with E-state index in [0.29, 0.717) is 12.1 Å². The van der Waals surface area contributed by atoms with Crippen molar-refractivity contribution in [3.8, 4) is 0 Å². The monoisotopic (exact) mass is 226 g/mol. The molecular weight excluding hydrogens is 204 g/mol. The molecule has 16 heavy (non-hydrogen) atoms. The van der Waals surface area contributed by atoms with Crippen molar-refractivity contribution in [1.82, 2.24) is 20.3 Å². The Morgan fingerprint density at radius 3 is 2.75 bits per heavy atom. The van der Waals surface area contributed by atoms with Gasteiger partial charge in [0, 0.05) is 14.2 Å². The van der Waals surface area contributed by atoms with Crippen molar-refractivity contribution < 1.29 is 4.74 Å². The van der Waals surface area contributed by atoms with Crippen LogP contribution in [-0.2, 0) is 11.8 Å². The van der Waals surface area contributed by atoms with E-state index in [4.69, 9.17) is 4.74 Å². The first-order valence-electron chi connectivity index (χ1n) is 5.79. The molecule has 1 aromatic heterocycles. The van der Waals surface area contributed by atoms with Crippen LogP contribution in [0.2, 0.25) is 0 Å². The smallest absolute Gasteiger partial charge is 0.0753 e. The third kappa shape index (κ3) is 3.57. The van der Waals surface area contributed by atoms with Gasteiger partial charge in [0.05, 0.1) is 24.0 Å². The van der Waals surface area contributed by atoms with Crippen LogP contribution in [0.25, 0.3) is 0 Å². The summed E-state index contributed by atoms with van der Waals surface area (Å²) in [6.45, 7) is 5.14. The van der Waals surface area contributed by atoms with Crippen molar-refractivity contribution in [2.75, 3.05) is 13.7 Å². The second kappa shape index (κ2) is 6.60. The minimum atomic E-state index is 0.294. The van der Waals surface area contributed by atoms with E-state index in [1.807, 2.05) is 17.9 Å². The molecule has 0 saturated carbocycles. The van der Waals surface area contributed by atoms with Gasteiger partial charge in [-0.15, -0.1) is 5.10 Å². The summed E-state index contributed by atoms with van der Waals surface area (Å²) < 4.78 is 7.08. The first-order valence-corrected chi connectivity index (χ1v) is 5.79. The van der Waals surface area contributed by atoms with Crippen molar-refractivity contribution >= 4 is 0 Å². The van der Waals surface area contributed by atoms with E-state index in [1.54, 1.807) is 7.11 Å². The number of rotatable bonds is 7. The third-order valence-corrected chi connectivity index (χ3v) is 2.82. The van der Waals surface area contributed by atoms with Crippen LogP contribution in [0.15, 0.2) is 6.20 Å². The maximum Gasteiger partial charge on any atom is 0.0753 e. The van der Waals surface area contributed by atoms with Crippen LogP contribution < -0.4 is 5.32 Å². The fraction of sp³-hybridized carbons (Fsp3) is 0.818. The normalized spacial score (nSPS) is 15.0. The van der Waals surface area contributed by atoms with Gasteiger partial charge in [-0.3, -0.25) is 4.68 Å². The second-order valence-corrected chi connectivity index (χ2v) is 4.02. The maximum atomic E-state index is 5.26. The highest BCUT2D eigenvalue weighted by Gasteiger charge is 2.15. The molecule has 5 heteroatoms. The highest BCUT2D eigenvalue weighted by Crippen LogP contribution is 2.18. The minimum absolute atomic E-state index is 0.294. The predicted octanol–water partition coefficient (Wildman–Crippen LogP) is 1.28. The number of hydrogen-bond donors (Lipinski definition) is 1. The lowest BCUT2D eigenvalue weighted by molar-refractivity contribution is 0.106. The molecule has 0 aromatic carbocycles. The molecule has 92 valence electrons. The lowest BCUT2D eigenvalue weighted by atomic mass is 10.1. The molecule has 0 aliphatic heterocycles. The van der Waals surface area contributed by atoms with E-state index in [2.05, 4.69) is 29.5 Å². The zero-order valence-corrected chi connectivity index (χ0v) is 10.6. The Hall–Kier alpha value is -0.940. The summed E-state index contributed by atoms with van der Waals surface area (Å²) in [5.74, 6) is 0. The molecular formula is C11H22N4O. The molecule has 0 bridgehead atoms. The molecule has 0 spiro atoms. The minimum Gasteiger partial charge on any atom is -0.382 e. The summed E-state index contributed by atoms with van der Waals surface area (Å²) in [4.78, 5) is 0. The largest absolute Gasteiger partial charge is 0.382 e. The van der Waals surface area contributed by atoms with E-state index in [1.165, 1.54) is 0 Å². The van der Waals surface area contributed by atoms with Crippen LogP contribution in [-0.4, -0.2) is 34.8 Å². The van der Waals surface area contributed by atoms with Gasteiger partial charge in [0.1, 0.15) is 0 Å². The first kappa shape index (κ1) is 13.1. The average Bonchev–Trinajstić information content (AvgIpc) is 2.70. The zero-order valence-electron chi connectivity index (χ0n) is 10.6. The molecule has 2 atom stereocenters. The standard InChI is InChI=1S/C11H22N4O/c1-5-12-10(7-6-9(2)16-4)11-8-13-14-15(11)3/h8-10,12H,5-7H2,1-4H3. The summed E-state index contributed by atoms with van der Waals surface area (Å²) in [7, 11) is 3.67. The van der Waals surface area contributed by atoms with Crippen molar-refractivity contribution in [3.05, 3.63) is 11.9 Å². The number of nitrogens with zero attached hydrogens (tertiary/aromatic N) is 3. The predicted molar refractivity (Wildman–Crippen MR) is 63.1 cm³/mol. The summed E-state index contributed by atoms with van der Waals surface area (Å²) >= 11 is 0. The summed E-state index contributed by atoms with van der Waals surface area (Å²) in [6, 6.07) is 0.308. The Kier molecular flexibility index (Phi) is 5.42. The van der Waals surface area contributed by atoms with Gasteiger partial charge in [-0.25, -0.2) is 0 Å². The Labute approximate surface area is 97.2 Å². The molecule has 5 nitrogen and oxygen atoms in total. The van der Waals surface area contributed by atoms with E-state index in [9.17, 15) is 0 Å². The van der Waals surface area contributed by atoms with E-state index in [0.717, 1.165) is 25.1 Å². The fourth-order valence-electron chi connectivity index (χ4n) is 1.73. The van der Waals surface area contributed by atoms with Crippen LogP contribution in [0.1, 0.15) is 38.4 Å². The van der Waals surface area contributed by atoms with Crippen molar-refractivity contribution in [2.24, 2.45) is 7.05 Å². The van der Waals surface area contributed by atoms with Gasteiger partial charge in [-0.2, -0.15) is 0 Å².